The molecule has 0 saturated carbocycles. The summed E-state index contributed by atoms with van der Waals surface area (Å²) in [6, 6.07) is 7.58. The number of para-hydroxylation sites is 2. The summed E-state index contributed by atoms with van der Waals surface area (Å²) in [5.74, 6) is -1.20. The number of benzene rings is 1. The van der Waals surface area contributed by atoms with Crippen molar-refractivity contribution in [2.75, 3.05) is 11.9 Å². The van der Waals surface area contributed by atoms with Crippen LogP contribution in [0.2, 0.25) is 0 Å². The average molecular weight is 376 g/mol. The van der Waals surface area contributed by atoms with E-state index in [2.05, 4.69) is 12.2 Å². The van der Waals surface area contributed by atoms with E-state index in [0.717, 1.165) is 29.7 Å². The van der Waals surface area contributed by atoms with Gasteiger partial charge in [0.2, 0.25) is 0 Å². The molecule has 0 aliphatic carbocycles. The number of nitro groups is 1. The van der Waals surface area contributed by atoms with Crippen molar-refractivity contribution in [1.29, 1.82) is 0 Å². The van der Waals surface area contributed by atoms with Crippen LogP contribution >= 0.6 is 11.3 Å². The maximum absolute atomic E-state index is 12.2. The number of anilines is 1. The molecule has 0 unspecified atom stereocenters. The van der Waals surface area contributed by atoms with Crippen LogP contribution in [0, 0.1) is 10.1 Å². The molecule has 0 aliphatic heterocycles. The maximum Gasteiger partial charge on any atom is 0.348 e. The van der Waals surface area contributed by atoms with E-state index in [9.17, 15) is 19.7 Å². The van der Waals surface area contributed by atoms with Gasteiger partial charge < -0.3 is 10.1 Å². The third-order valence-corrected chi connectivity index (χ3v) is 4.88. The molecule has 7 nitrogen and oxygen atoms in total. The van der Waals surface area contributed by atoms with Crippen molar-refractivity contribution in [2.24, 2.45) is 0 Å². The average Bonchev–Trinajstić information content (AvgIpc) is 3.03. The molecule has 0 bridgehead atoms. The Morgan fingerprint density at radius 1 is 1.27 bits per heavy atom. The van der Waals surface area contributed by atoms with Crippen molar-refractivity contribution < 1.29 is 19.2 Å². The van der Waals surface area contributed by atoms with Gasteiger partial charge in [0.25, 0.3) is 11.6 Å². The third-order valence-electron chi connectivity index (χ3n) is 3.66. The van der Waals surface area contributed by atoms with Gasteiger partial charge in [-0.3, -0.25) is 14.9 Å². The molecule has 8 heteroatoms. The van der Waals surface area contributed by atoms with Crippen LogP contribution in [0.3, 0.4) is 0 Å². The van der Waals surface area contributed by atoms with Gasteiger partial charge in [0, 0.05) is 10.9 Å². The lowest BCUT2D eigenvalue weighted by molar-refractivity contribution is -0.383. The fourth-order valence-electron chi connectivity index (χ4n) is 2.43. The lowest BCUT2D eigenvalue weighted by Crippen LogP contribution is -2.21. The molecule has 26 heavy (non-hydrogen) atoms. The van der Waals surface area contributed by atoms with E-state index in [-0.39, 0.29) is 11.4 Å². The molecule has 0 spiro atoms. The van der Waals surface area contributed by atoms with Crippen LogP contribution in [0.25, 0.3) is 0 Å². The number of aryl methyl sites for hydroxylation is 2. The summed E-state index contributed by atoms with van der Waals surface area (Å²) in [6.07, 6.45) is 2.72. The van der Waals surface area contributed by atoms with Gasteiger partial charge in [-0.15, -0.1) is 11.3 Å². The maximum atomic E-state index is 12.2. The molecule has 1 aromatic heterocycles. The molecule has 0 atom stereocenters. The van der Waals surface area contributed by atoms with Gasteiger partial charge in [-0.2, -0.15) is 0 Å². The highest BCUT2D eigenvalue weighted by molar-refractivity contribution is 7.14. The Morgan fingerprint density at radius 2 is 2.00 bits per heavy atom. The molecule has 1 amide bonds. The Balaban J connectivity index is 1.97. The number of esters is 1. The smallest absolute Gasteiger partial charge is 0.348 e. The number of amides is 1. The summed E-state index contributed by atoms with van der Waals surface area (Å²) < 4.78 is 5.04. The fourth-order valence-corrected chi connectivity index (χ4v) is 3.68. The normalized spacial score (nSPS) is 10.4. The van der Waals surface area contributed by atoms with Gasteiger partial charge in [-0.25, -0.2) is 4.79 Å². The molecule has 2 rings (SSSR count). The largest absolute Gasteiger partial charge is 0.451 e. The number of thiophene rings is 1. The van der Waals surface area contributed by atoms with Crippen LogP contribution < -0.4 is 5.32 Å². The first-order valence-electron chi connectivity index (χ1n) is 8.28. The van der Waals surface area contributed by atoms with Gasteiger partial charge in [0.1, 0.15) is 10.6 Å². The fraction of sp³-hybridized carbons (Fsp3) is 0.333. The number of rotatable bonds is 8. The quantitative estimate of drug-likeness (QED) is 0.427. The summed E-state index contributed by atoms with van der Waals surface area (Å²) in [7, 11) is 0. The summed E-state index contributed by atoms with van der Waals surface area (Å²) in [6.45, 7) is 3.59. The van der Waals surface area contributed by atoms with Crippen molar-refractivity contribution >= 4 is 34.6 Å². The minimum Gasteiger partial charge on any atom is -0.451 e. The summed E-state index contributed by atoms with van der Waals surface area (Å²) in [4.78, 5) is 36.1. The molecule has 1 heterocycles. The predicted octanol–water partition coefficient (Wildman–Crippen LogP) is 3.97. The molecule has 2 aromatic rings. The highest BCUT2D eigenvalue weighted by Gasteiger charge is 2.18. The second-order valence-electron chi connectivity index (χ2n) is 5.56. The number of hydrogen-bond acceptors (Lipinski definition) is 6. The van der Waals surface area contributed by atoms with E-state index in [1.165, 1.54) is 29.5 Å². The van der Waals surface area contributed by atoms with E-state index in [4.69, 9.17) is 4.74 Å². The van der Waals surface area contributed by atoms with Crippen LogP contribution in [0.15, 0.2) is 30.3 Å². The van der Waals surface area contributed by atoms with Crippen molar-refractivity contribution in [3.63, 3.8) is 0 Å². The van der Waals surface area contributed by atoms with Crippen LogP contribution in [-0.4, -0.2) is 23.4 Å². The molecule has 0 aliphatic rings. The SMILES string of the molecule is CCCc1sc(C(=O)OCC(=O)Nc2ccccc2[N+](=O)[O-])cc1CC. The van der Waals surface area contributed by atoms with Crippen LogP contribution in [-0.2, 0) is 22.4 Å². The Kier molecular flexibility index (Phi) is 6.85. The van der Waals surface area contributed by atoms with Gasteiger partial charge in [0.05, 0.1) is 4.92 Å². The number of hydrogen-bond donors (Lipinski definition) is 1. The summed E-state index contributed by atoms with van der Waals surface area (Å²) in [5.41, 5.74) is 0.962. The number of carbonyl (C=O) groups excluding carboxylic acids is 2. The van der Waals surface area contributed by atoms with Gasteiger partial charge in [-0.1, -0.05) is 32.4 Å². The first kappa shape index (κ1) is 19.6. The predicted molar refractivity (Wildman–Crippen MR) is 99.7 cm³/mol. The Bertz CT molecular complexity index is 816. The topological polar surface area (TPSA) is 98.5 Å². The van der Waals surface area contributed by atoms with Crippen molar-refractivity contribution in [3.05, 3.63) is 55.8 Å². The summed E-state index contributed by atoms with van der Waals surface area (Å²) >= 11 is 1.38. The molecule has 138 valence electrons. The number of ether oxygens (including phenoxy) is 1. The van der Waals surface area contributed by atoms with Crippen LogP contribution in [0.4, 0.5) is 11.4 Å². The van der Waals surface area contributed by atoms with E-state index in [1.54, 1.807) is 12.1 Å². The molecule has 1 aromatic carbocycles. The first-order valence-corrected chi connectivity index (χ1v) is 9.09. The van der Waals surface area contributed by atoms with E-state index >= 15 is 0 Å². The first-order chi connectivity index (χ1) is 12.5. The van der Waals surface area contributed by atoms with E-state index < -0.39 is 23.4 Å². The van der Waals surface area contributed by atoms with Gasteiger partial charge in [0.15, 0.2) is 6.61 Å². The van der Waals surface area contributed by atoms with Crippen LogP contribution in [0.5, 0.6) is 0 Å². The van der Waals surface area contributed by atoms with Gasteiger partial charge in [-0.05, 0) is 30.5 Å². The van der Waals surface area contributed by atoms with Crippen molar-refractivity contribution in [3.8, 4) is 0 Å². The molecule has 0 saturated heterocycles. The Hall–Kier alpha value is -2.74. The Labute approximate surface area is 155 Å². The molecular formula is C18H20N2O5S. The van der Waals surface area contributed by atoms with Crippen LogP contribution in [0.1, 0.15) is 40.4 Å². The molecule has 1 N–H and O–H groups in total. The number of nitro benzene ring substituents is 1. The third kappa shape index (κ3) is 4.89. The lowest BCUT2D eigenvalue weighted by Gasteiger charge is -2.06. The molecule has 0 fully saturated rings. The molecule has 0 radical (unpaired) electrons. The minimum atomic E-state index is -0.631. The number of carbonyl (C=O) groups is 2. The molecular weight excluding hydrogens is 356 g/mol. The number of nitrogens with zero attached hydrogens (tertiary/aromatic N) is 1. The van der Waals surface area contributed by atoms with Gasteiger partial charge >= 0.3 is 5.97 Å². The zero-order valence-corrected chi connectivity index (χ0v) is 15.4. The number of nitrogens with one attached hydrogen (secondary N) is 1. The second kappa shape index (κ2) is 9.10. The second-order valence-corrected chi connectivity index (χ2v) is 6.70. The summed E-state index contributed by atoms with van der Waals surface area (Å²) in [5, 5.41) is 13.3. The standard InChI is InChI=1S/C18H20N2O5S/c1-3-7-15-12(4-2)10-16(26-15)18(22)25-11-17(21)19-13-8-5-6-9-14(13)20(23)24/h5-6,8-10H,3-4,7,11H2,1-2H3,(H,19,21). The zero-order chi connectivity index (χ0) is 19.1. The minimum absolute atomic E-state index is 0.0631. The highest BCUT2D eigenvalue weighted by atomic mass is 32.1. The van der Waals surface area contributed by atoms with Crippen molar-refractivity contribution in [2.45, 2.75) is 33.1 Å². The van der Waals surface area contributed by atoms with E-state index in [0.29, 0.717) is 4.88 Å². The zero-order valence-electron chi connectivity index (χ0n) is 14.6. The monoisotopic (exact) mass is 376 g/mol. The lowest BCUT2D eigenvalue weighted by atomic mass is 10.1. The van der Waals surface area contributed by atoms with Crippen molar-refractivity contribution in [1.82, 2.24) is 0 Å². The highest BCUT2D eigenvalue weighted by Crippen LogP contribution is 2.26. The Morgan fingerprint density at radius 3 is 2.65 bits per heavy atom. The van der Waals surface area contributed by atoms with E-state index in [1.807, 2.05) is 6.92 Å².